The summed E-state index contributed by atoms with van der Waals surface area (Å²) in [5, 5.41) is 9.79. The van der Waals surface area contributed by atoms with Crippen molar-refractivity contribution in [3.63, 3.8) is 0 Å². The fourth-order valence-corrected chi connectivity index (χ4v) is 4.69. The minimum Gasteiger partial charge on any atom is -0.497 e. The maximum atomic E-state index is 11.9. The summed E-state index contributed by atoms with van der Waals surface area (Å²) in [5.41, 5.74) is 0.946. The summed E-state index contributed by atoms with van der Waals surface area (Å²) in [5.74, 6) is 0.726. The number of carboxylic acid groups (broad SMARTS) is 1. The molecule has 6 heteroatoms. The van der Waals surface area contributed by atoms with Gasteiger partial charge in [0.1, 0.15) is 17.5 Å². The number of aliphatic carboxylic acids is 1. The van der Waals surface area contributed by atoms with Gasteiger partial charge in [0.25, 0.3) is 0 Å². The number of hydrogen-bond donors (Lipinski definition) is 1. The maximum absolute atomic E-state index is 11.9. The number of aryl methyl sites for hydroxylation is 1. The van der Waals surface area contributed by atoms with Crippen molar-refractivity contribution in [3.8, 4) is 11.5 Å². The van der Waals surface area contributed by atoms with Crippen LogP contribution in [0.2, 0.25) is 0 Å². The van der Waals surface area contributed by atoms with E-state index in [4.69, 9.17) is 9.47 Å². The lowest BCUT2D eigenvalue weighted by Crippen LogP contribution is -2.46. The number of hydrogen-bond acceptors (Lipinski definition) is 5. The Labute approximate surface area is 158 Å². The first kappa shape index (κ1) is 18.7. The number of methoxy groups -OCH3 is 2. The largest absolute Gasteiger partial charge is 0.497 e. The number of piperidine rings is 1. The van der Waals surface area contributed by atoms with E-state index < -0.39 is 12.0 Å². The minimum absolute atomic E-state index is 0.167. The van der Waals surface area contributed by atoms with Crippen LogP contribution < -0.4 is 9.47 Å². The van der Waals surface area contributed by atoms with E-state index in [1.807, 2.05) is 18.2 Å². The number of likely N-dealkylation sites (tertiary alicyclic amines) is 1. The fraction of sp³-hybridized carbons (Fsp3) is 0.450. The minimum atomic E-state index is -0.759. The summed E-state index contributed by atoms with van der Waals surface area (Å²) >= 11 is 1.70. The maximum Gasteiger partial charge on any atom is 0.320 e. The first-order chi connectivity index (χ1) is 12.5. The molecule has 1 aliphatic rings. The Morgan fingerprint density at radius 2 is 2.04 bits per heavy atom. The van der Waals surface area contributed by atoms with Gasteiger partial charge in [-0.2, -0.15) is 0 Å². The molecule has 2 aromatic rings. The van der Waals surface area contributed by atoms with Crippen LogP contribution in [0.1, 0.15) is 40.6 Å². The van der Waals surface area contributed by atoms with Gasteiger partial charge in [-0.05, 0) is 56.6 Å². The highest BCUT2D eigenvalue weighted by Crippen LogP contribution is 2.42. The van der Waals surface area contributed by atoms with Crippen molar-refractivity contribution < 1.29 is 19.4 Å². The van der Waals surface area contributed by atoms with Crippen LogP contribution in [0.15, 0.2) is 30.3 Å². The third kappa shape index (κ3) is 3.71. The van der Waals surface area contributed by atoms with E-state index in [0.717, 1.165) is 41.3 Å². The number of thiophene rings is 1. The molecule has 0 saturated carbocycles. The molecule has 3 rings (SSSR count). The van der Waals surface area contributed by atoms with Gasteiger partial charge in [-0.1, -0.05) is 6.42 Å². The third-order valence-corrected chi connectivity index (χ3v) is 5.98. The molecule has 1 aromatic carbocycles. The molecular weight excluding hydrogens is 350 g/mol. The molecule has 0 spiro atoms. The average molecular weight is 375 g/mol. The highest BCUT2D eigenvalue weighted by atomic mass is 32.1. The van der Waals surface area contributed by atoms with Crippen LogP contribution in [0.4, 0.5) is 0 Å². The Morgan fingerprint density at radius 1 is 1.23 bits per heavy atom. The topological polar surface area (TPSA) is 59.0 Å². The standard InChI is InChI=1S/C20H25NO4S/c1-13-7-10-18(26-13)19(21-11-5-4-6-16(21)20(22)23)15-12-14(24-2)8-9-17(15)25-3/h7-10,12,16,19H,4-6,11H2,1-3H3,(H,22,23). The summed E-state index contributed by atoms with van der Waals surface area (Å²) in [6, 6.07) is 9.24. The number of nitrogens with zero attached hydrogens (tertiary/aromatic N) is 1. The SMILES string of the molecule is COc1ccc(OC)c(C(c2ccc(C)s2)N2CCCCC2C(=O)O)c1. The van der Waals surface area contributed by atoms with Crippen molar-refractivity contribution in [2.75, 3.05) is 20.8 Å². The van der Waals surface area contributed by atoms with Crippen molar-refractivity contribution in [1.29, 1.82) is 0 Å². The Kier molecular flexibility index (Phi) is 5.84. The lowest BCUT2D eigenvalue weighted by atomic mass is 9.94. The van der Waals surface area contributed by atoms with Crippen LogP contribution in [0, 0.1) is 6.92 Å². The number of rotatable bonds is 6. The molecule has 1 aromatic heterocycles. The van der Waals surface area contributed by atoms with E-state index in [1.54, 1.807) is 25.6 Å². The first-order valence-corrected chi connectivity index (χ1v) is 9.63. The lowest BCUT2D eigenvalue weighted by Gasteiger charge is -2.39. The van der Waals surface area contributed by atoms with E-state index in [0.29, 0.717) is 6.42 Å². The summed E-state index contributed by atoms with van der Waals surface area (Å²) < 4.78 is 11.0. The predicted octanol–water partition coefficient (Wildman–Crippen LogP) is 4.10. The molecule has 26 heavy (non-hydrogen) atoms. The van der Waals surface area contributed by atoms with Gasteiger partial charge in [-0.15, -0.1) is 11.3 Å². The van der Waals surface area contributed by atoms with Crippen LogP contribution in [0.25, 0.3) is 0 Å². The molecule has 2 atom stereocenters. The molecule has 2 heterocycles. The lowest BCUT2D eigenvalue weighted by molar-refractivity contribution is -0.145. The molecule has 1 aliphatic heterocycles. The summed E-state index contributed by atoms with van der Waals surface area (Å²) in [6.45, 7) is 2.82. The van der Waals surface area contributed by atoms with Gasteiger partial charge in [0.05, 0.1) is 20.3 Å². The molecule has 2 unspecified atom stereocenters. The van der Waals surface area contributed by atoms with E-state index in [-0.39, 0.29) is 6.04 Å². The molecule has 1 saturated heterocycles. The van der Waals surface area contributed by atoms with Crippen molar-refractivity contribution in [2.45, 2.75) is 38.3 Å². The van der Waals surface area contributed by atoms with Gasteiger partial charge in [-0.3, -0.25) is 9.69 Å². The highest BCUT2D eigenvalue weighted by molar-refractivity contribution is 7.12. The normalized spacial score (nSPS) is 19.1. The Hall–Kier alpha value is -2.05. The second-order valence-corrected chi connectivity index (χ2v) is 7.87. The van der Waals surface area contributed by atoms with E-state index in [9.17, 15) is 9.90 Å². The molecule has 0 amide bonds. The monoisotopic (exact) mass is 375 g/mol. The van der Waals surface area contributed by atoms with Crippen LogP contribution in [-0.2, 0) is 4.79 Å². The number of ether oxygens (including phenoxy) is 2. The highest BCUT2D eigenvalue weighted by Gasteiger charge is 2.37. The van der Waals surface area contributed by atoms with E-state index in [1.165, 1.54) is 4.88 Å². The summed E-state index contributed by atoms with van der Waals surface area (Å²) in [4.78, 5) is 16.4. The average Bonchev–Trinajstić information content (AvgIpc) is 3.08. The molecular formula is C20H25NO4S. The molecule has 1 N–H and O–H groups in total. The van der Waals surface area contributed by atoms with Gasteiger partial charge in [0.15, 0.2) is 0 Å². The van der Waals surface area contributed by atoms with Gasteiger partial charge < -0.3 is 14.6 Å². The second-order valence-electron chi connectivity index (χ2n) is 6.55. The van der Waals surface area contributed by atoms with Crippen molar-refractivity contribution >= 4 is 17.3 Å². The van der Waals surface area contributed by atoms with Crippen molar-refractivity contribution in [2.24, 2.45) is 0 Å². The first-order valence-electron chi connectivity index (χ1n) is 8.82. The van der Waals surface area contributed by atoms with Crippen molar-refractivity contribution in [1.82, 2.24) is 4.90 Å². The van der Waals surface area contributed by atoms with Gasteiger partial charge in [0, 0.05) is 15.3 Å². The quantitative estimate of drug-likeness (QED) is 0.824. The van der Waals surface area contributed by atoms with E-state index >= 15 is 0 Å². The Bertz CT molecular complexity index is 773. The fourth-order valence-electron chi connectivity index (χ4n) is 3.68. The number of carboxylic acids is 1. The molecule has 5 nitrogen and oxygen atoms in total. The van der Waals surface area contributed by atoms with E-state index in [2.05, 4.69) is 24.0 Å². The van der Waals surface area contributed by atoms with Crippen LogP contribution in [0.5, 0.6) is 11.5 Å². The zero-order chi connectivity index (χ0) is 18.7. The molecule has 1 fully saturated rings. The third-order valence-electron chi connectivity index (χ3n) is 4.92. The zero-order valence-electron chi connectivity index (χ0n) is 15.4. The second kappa shape index (κ2) is 8.10. The Balaban J connectivity index is 2.14. The number of carbonyl (C=O) groups is 1. The Morgan fingerprint density at radius 3 is 2.65 bits per heavy atom. The van der Waals surface area contributed by atoms with Crippen LogP contribution >= 0.6 is 11.3 Å². The molecule has 0 aliphatic carbocycles. The van der Waals surface area contributed by atoms with Gasteiger partial charge >= 0.3 is 5.97 Å². The van der Waals surface area contributed by atoms with Gasteiger partial charge in [-0.25, -0.2) is 0 Å². The zero-order valence-corrected chi connectivity index (χ0v) is 16.2. The van der Waals surface area contributed by atoms with Gasteiger partial charge in [0.2, 0.25) is 0 Å². The predicted molar refractivity (Wildman–Crippen MR) is 102 cm³/mol. The summed E-state index contributed by atoms with van der Waals surface area (Å²) in [7, 11) is 3.28. The molecule has 140 valence electrons. The molecule has 0 radical (unpaired) electrons. The van der Waals surface area contributed by atoms with Crippen LogP contribution in [-0.4, -0.2) is 42.8 Å². The molecule has 0 bridgehead atoms. The van der Waals surface area contributed by atoms with Crippen molar-refractivity contribution in [3.05, 3.63) is 45.6 Å². The number of benzene rings is 1. The smallest absolute Gasteiger partial charge is 0.320 e. The van der Waals surface area contributed by atoms with Crippen LogP contribution in [0.3, 0.4) is 0 Å². The summed E-state index contributed by atoms with van der Waals surface area (Å²) in [6.07, 6.45) is 2.61.